The van der Waals surface area contributed by atoms with Crippen LogP contribution in [-0.2, 0) is 4.74 Å². The van der Waals surface area contributed by atoms with Gasteiger partial charge in [-0.2, -0.15) is 0 Å². The van der Waals surface area contributed by atoms with E-state index in [9.17, 15) is 0 Å². The molecule has 3 rings (SSSR count). The molecule has 0 bridgehead atoms. The minimum Gasteiger partial charge on any atom is -0.385 e. The molecule has 6 nitrogen and oxygen atoms in total. The van der Waals surface area contributed by atoms with Crippen LogP contribution in [0.4, 0.5) is 0 Å². The Morgan fingerprint density at radius 3 is 2.79 bits per heavy atom. The van der Waals surface area contributed by atoms with Crippen molar-refractivity contribution in [3.63, 3.8) is 0 Å². The van der Waals surface area contributed by atoms with Gasteiger partial charge in [0.1, 0.15) is 0 Å². The number of hydrogen-bond acceptors (Lipinski definition) is 3. The number of aromatic nitrogens is 2. The lowest BCUT2D eigenvalue weighted by molar-refractivity contribution is 0.140. The molecule has 2 unspecified atom stereocenters. The topological polar surface area (TPSA) is 54.7 Å². The summed E-state index contributed by atoms with van der Waals surface area (Å²) in [5, 5.41) is 3.55. The van der Waals surface area contributed by atoms with Gasteiger partial charge in [-0.1, -0.05) is 19.8 Å². The second-order valence-corrected chi connectivity index (χ2v) is 8.41. The summed E-state index contributed by atoms with van der Waals surface area (Å²) in [5.41, 5.74) is 0.337. The molecule has 1 aromatic heterocycles. The molecule has 0 spiro atoms. The van der Waals surface area contributed by atoms with E-state index < -0.39 is 0 Å². The lowest BCUT2D eigenvalue weighted by Gasteiger charge is -2.39. The number of likely N-dealkylation sites (tertiary alicyclic amines) is 1. The maximum Gasteiger partial charge on any atom is 0.194 e. The summed E-state index contributed by atoms with van der Waals surface area (Å²) < 4.78 is 7.64. The van der Waals surface area contributed by atoms with Crippen LogP contribution in [0.3, 0.4) is 0 Å². The Morgan fingerprint density at radius 2 is 2.14 bits per heavy atom. The van der Waals surface area contributed by atoms with Crippen LogP contribution < -0.4 is 5.32 Å². The lowest BCUT2D eigenvalue weighted by Crippen LogP contribution is -2.49. The van der Waals surface area contributed by atoms with Crippen molar-refractivity contribution < 1.29 is 4.74 Å². The van der Waals surface area contributed by atoms with Crippen molar-refractivity contribution in [1.82, 2.24) is 19.8 Å². The maximum absolute atomic E-state index is 5.38. The molecule has 1 N–H and O–H groups in total. The molecule has 0 amide bonds. The third kappa shape index (κ3) is 5.84. The lowest BCUT2D eigenvalue weighted by atomic mass is 9.83. The number of nitrogens with one attached hydrogen (secondary N) is 1. The predicted octanol–water partition coefficient (Wildman–Crippen LogP) is 3.95. The molecule has 2 atom stereocenters. The van der Waals surface area contributed by atoms with Crippen LogP contribution >= 0.6 is 24.0 Å². The highest BCUT2D eigenvalue weighted by molar-refractivity contribution is 14.0. The van der Waals surface area contributed by atoms with E-state index in [0.717, 1.165) is 45.2 Å². The summed E-state index contributed by atoms with van der Waals surface area (Å²) in [7, 11) is 1.81. The molecule has 160 valence electrons. The van der Waals surface area contributed by atoms with E-state index in [-0.39, 0.29) is 24.0 Å². The van der Waals surface area contributed by atoms with Crippen LogP contribution in [0, 0.1) is 11.3 Å². The number of nitrogens with zero attached hydrogens (tertiary/aromatic N) is 4. The summed E-state index contributed by atoms with van der Waals surface area (Å²) in [6.07, 6.45) is 13.5. The molecule has 2 fully saturated rings. The van der Waals surface area contributed by atoms with Crippen LogP contribution in [0.15, 0.2) is 23.7 Å². The normalized spacial score (nSPS) is 24.8. The van der Waals surface area contributed by atoms with Crippen LogP contribution in [0.2, 0.25) is 0 Å². The average Bonchev–Trinajstić information content (AvgIpc) is 3.37. The molecule has 1 saturated carbocycles. The Morgan fingerprint density at radius 1 is 1.36 bits per heavy atom. The number of guanidine groups is 1. The summed E-state index contributed by atoms with van der Waals surface area (Å²) in [5.74, 6) is 1.74. The van der Waals surface area contributed by atoms with Crippen molar-refractivity contribution in [3.8, 4) is 0 Å². The van der Waals surface area contributed by atoms with Gasteiger partial charge in [0.2, 0.25) is 0 Å². The van der Waals surface area contributed by atoms with Gasteiger partial charge in [-0.25, -0.2) is 4.98 Å². The van der Waals surface area contributed by atoms with E-state index in [2.05, 4.69) is 39.8 Å². The van der Waals surface area contributed by atoms with Gasteiger partial charge in [0.05, 0.1) is 12.4 Å². The van der Waals surface area contributed by atoms with E-state index in [1.807, 2.05) is 12.5 Å². The first-order valence-corrected chi connectivity index (χ1v) is 10.7. The number of imidazole rings is 1. The minimum atomic E-state index is 0. The van der Waals surface area contributed by atoms with Crippen molar-refractivity contribution in [1.29, 1.82) is 0 Å². The molecule has 2 aliphatic rings. The van der Waals surface area contributed by atoms with Crippen LogP contribution in [0.5, 0.6) is 0 Å². The first-order chi connectivity index (χ1) is 13.2. The van der Waals surface area contributed by atoms with Crippen molar-refractivity contribution in [3.05, 3.63) is 18.7 Å². The van der Waals surface area contributed by atoms with Gasteiger partial charge in [-0.15, -0.1) is 24.0 Å². The molecule has 0 radical (unpaired) electrons. The monoisotopic (exact) mass is 503 g/mol. The number of piperidine rings is 1. The fraction of sp³-hybridized carbons (Fsp3) is 0.810. The Kier molecular flexibility index (Phi) is 9.53. The number of halogens is 1. The number of ether oxygens (including phenoxy) is 1. The highest BCUT2D eigenvalue weighted by Gasteiger charge is 2.34. The molecule has 1 aliphatic carbocycles. The maximum atomic E-state index is 5.38. The molecule has 28 heavy (non-hydrogen) atoms. The molecule has 2 heterocycles. The quantitative estimate of drug-likeness (QED) is 0.348. The summed E-state index contributed by atoms with van der Waals surface area (Å²) in [6, 6.07) is 0.457. The van der Waals surface area contributed by atoms with Crippen LogP contribution in [0.25, 0.3) is 0 Å². The zero-order valence-corrected chi connectivity index (χ0v) is 20.1. The highest BCUT2D eigenvalue weighted by atomic mass is 127. The van der Waals surface area contributed by atoms with Crippen molar-refractivity contribution in [2.45, 2.75) is 58.4 Å². The van der Waals surface area contributed by atoms with Crippen molar-refractivity contribution in [2.24, 2.45) is 16.3 Å². The second kappa shape index (κ2) is 11.4. The van der Waals surface area contributed by atoms with Crippen LogP contribution in [0.1, 0.15) is 58.4 Å². The van der Waals surface area contributed by atoms with Crippen LogP contribution in [-0.4, -0.2) is 60.3 Å². The number of hydrogen-bond donors (Lipinski definition) is 1. The molecule has 7 heteroatoms. The van der Waals surface area contributed by atoms with E-state index in [1.165, 1.54) is 32.1 Å². The number of rotatable bonds is 7. The smallest absolute Gasteiger partial charge is 0.194 e. The summed E-state index contributed by atoms with van der Waals surface area (Å²) in [6.45, 7) is 9.25. The zero-order valence-electron chi connectivity index (χ0n) is 17.8. The van der Waals surface area contributed by atoms with Crippen molar-refractivity contribution in [2.75, 3.05) is 39.9 Å². The largest absolute Gasteiger partial charge is 0.385 e. The zero-order chi connectivity index (χ0) is 19.1. The number of methoxy groups -OCH3 is 1. The van der Waals surface area contributed by atoms with Gasteiger partial charge < -0.3 is 19.5 Å². The Balaban J connectivity index is 0.00000280. The van der Waals surface area contributed by atoms with Gasteiger partial charge in [0.15, 0.2) is 5.96 Å². The molecular weight excluding hydrogens is 465 g/mol. The van der Waals surface area contributed by atoms with E-state index in [0.29, 0.717) is 17.4 Å². The van der Waals surface area contributed by atoms with Gasteiger partial charge in [-0.3, -0.25) is 4.99 Å². The summed E-state index contributed by atoms with van der Waals surface area (Å²) >= 11 is 0. The molecule has 1 aliphatic heterocycles. The summed E-state index contributed by atoms with van der Waals surface area (Å²) in [4.78, 5) is 11.8. The van der Waals surface area contributed by atoms with Gasteiger partial charge in [0.25, 0.3) is 0 Å². The fourth-order valence-electron chi connectivity index (χ4n) is 4.69. The Hall–Kier alpha value is -0.830. The number of aliphatic imine (C=N–C) groups is 1. The van der Waals surface area contributed by atoms with Gasteiger partial charge in [-0.05, 0) is 43.9 Å². The highest BCUT2D eigenvalue weighted by Crippen LogP contribution is 2.41. The first kappa shape index (κ1) is 23.4. The fourth-order valence-corrected chi connectivity index (χ4v) is 4.69. The molecule has 0 aromatic carbocycles. The SMILES string of the molecule is CCNC(=NCC1(CCOC)CCCC1)N1CCC(C)C(n2ccnc2)C1.I. The van der Waals surface area contributed by atoms with Gasteiger partial charge >= 0.3 is 0 Å². The van der Waals surface area contributed by atoms with E-state index >= 15 is 0 Å². The second-order valence-electron chi connectivity index (χ2n) is 8.41. The minimum absolute atomic E-state index is 0. The van der Waals surface area contributed by atoms with E-state index in [4.69, 9.17) is 9.73 Å². The molecular formula is C21H38IN5O. The van der Waals surface area contributed by atoms with Crippen molar-refractivity contribution >= 4 is 29.9 Å². The third-order valence-electron chi connectivity index (χ3n) is 6.53. The molecule has 1 saturated heterocycles. The molecule has 1 aromatic rings. The Bertz CT molecular complexity index is 586. The Labute approximate surface area is 187 Å². The third-order valence-corrected chi connectivity index (χ3v) is 6.53. The predicted molar refractivity (Wildman–Crippen MR) is 125 cm³/mol. The van der Waals surface area contributed by atoms with Gasteiger partial charge in [0, 0.05) is 52.3 Å². The standard InChI is InChI=1S/C21H37N5O.HI/c1-4-23-20(24-16-21(10-14-27-3)8-5-6-9-21)25-12-7-18(2)19(15-25)26-13-11-22-17-26;/h11,13,17-19H,4-10,12,14-16H2,1-3H3,(H,23,24);1H. The van der Waals surface area contributed by atoms with E-state index in [1.54, 1.807) is 7.11 Å². The average molecular weight is 503 g/mol. The first-order valence-electron chi connectivity index (χ1n) is 10.7.